The highest BCUT2D eigenvalue weighted by atomic mass is 32.2. The number of sulfonamides is 1. The molecule has 8 rings (SSSR count). The molecule has 0 spiro atoms. The van der Waals surface area contributed by atoms with E-state index in [1.54, 1.807) is 6.07 Å². The number of amides is 1. The first kappa shape index (κ1) is 52.4. The number of anilines is 2. The minimum absolute atomic E-state index is 0.00261. The topological polar surface area (TPSA) is 175 Å². The van der Waals surface area contributed by atoms with Gasteiger partial charge in [0.1, 0.15) is 11.5 Å². The van der Waals surface area contributed by atoms with E-state index in [9.17, 15) is 33.3 Å². The van der Waals surface area contributed by atoms with E-state index in [4.69, 9.17) is 9.47 Å². The maximum Gasteiger partial charge on any atom is 0.303 e. The molecule has 0 aromatic heterocycles. The van der Waals surface area contributed by atoms with Crippen LogP contribution in [0.15, 0.2) is 97.1 Å². The van der Waals surface area contributed by atoms with Crippen molar-refractivity contribution in [2.24, 2.45) is 46.3 Å². The number of fused-ring (bicyclic) bond motifs is 5. The lowest BCUT2D eigenvalue weighted by atomic mass is 9.43. The van der Waals surface area contributed by atoms with Crippen LogP contribution >= 0.6 is 0 Å². The zero-order chi connectivity index (χ0) is 50.5. The van der Waals surface area contributed by atoms with Crippen LogP contribution in [0.25, 0.3) is 0 Å². The van der Waals surface area contributed by atoms with E-state index in [1.165, 1.54) is 0 Å². The number of carbonyl (C=O) groups is 2. The molecule has 12 nitrogen and oxygen atoms in total. The van der Waals surface area contributed by atoms with Crippen LogP contribution in [0.5, 0.6) is 11.5 Å². The van der Waals surface area contributed by atoms with Gasteiger partial charge in [0.25, 0.3) is 0 Å². The van der Waals surface area contributed by atoms with E-state index in [-0.39, 0.29) is 58.9 Å². The van der Waals surface area contributed by atoms with Gasteiger partial charge in [0.15, 0.2) is 0 Å². The normalized spacial score (nSPS) is 28.4. The number of carboxylic acids is 1. The number of hydrogen-bond acceptors (Lipinski definition) is 9. The Morgan fingerprint density at radius 2 is 1.55 bits per heavy atom. The number of nitrogens with one attached hydrogen (secondary N) is 2. The Kier molecular flexibility index (Phi) is 16.6. The Hall–Kier alpha value is -4.95. The number of nitrogens with zero attached hydrogens (tertiary/aromatic N) is 1. The number of benzene rings is 4. The molecule has 0 saturated heterocycles. The van der Waals surface area contributed by atoms with Crippen molar-refractivity contribution in [1.82, 2.24) is 5.32 Å². The fraction of sp³-hybridized carbons (Fsp3) is 0.552. The molecule has 4 aromatic rings. The molecule has 4 saturated carbocycles. The number of carboxylic acid groups (broad SMARTS) is 1. The first-order valence-corrected chi connectivity index (χ1v) is 28.0. The maximum atomic E-state index is 12.9. The molecule has 4 aliphatic carbocycles. The quantitative estimate of drug-likeness (QED) is 0.0506. The van der Waals surface area contributed by atoms with Crippen LogP contribution in [0.2, 0.25) is 0 Å². The second kappa shape index (κ2) is 22.4. The molecule has 4 aliphatic rings. The summed E-state index contributed by atoms with van der Waals surface area (Å²) in [5, 5.41) is 36.1. The van der Waals surface area contributed by atoms with Crippen LogP contribution in [-0.4, -0.2) is 73.3 Å². The molecule has 0 heterocycles. The monoisotopic (exact) mass is 992 g/mol. The van der Waals surface area contributed by atoms with Gasteiger partial charge < -0.3 is 35.0 Å². The minimum atomic E-state index is -3.44. The van der Waals surface area contributed by atoms with Gasteiger partial charge in [-0.25, -0.2) is 8.42 Å². The van der Waals surface area contributed by atoms with Crippen molar-refractivity contribution in [2.45, 2.75) is 136 Å². The van der Waals surface area contributed by atoms with Gasteiger partial charge in [-0.05, 0) is 176 Å². The number of aryl methyl sites for hydroxylation is 1. The fourth-order valence-electron chi connectivity index (χ4n) is 13.9. The Labute approximate surface area is 422 Å². The smallest absolute Gasteiger partial charge is 0.303 e. The minimum Gasteiger partial charge on any atom is -0.481 e. The van der Waals surface area contributed by atoms with Gasteiger partial charge in [0, 0.05) is 38.2 Å². The maximum absolute atomic E-state index is 12.9. The summed E-state index contributed by atoms with van der Waals surface area (Å²) in [5.41, 5.74) is 5.36. The predicted octanol–water partition coefficient (Wildman–Crippen LogP) is 10.3. The highest BCUT2D eigenvalue weighted by Crippen LogP contribution is 2.68. The van der Waals surface area contributed by atoms with Gasteiger partial charge in [-0.1, -0.05) is 81.4 Å². The molecular weight excluding hydrogens is 915 g/mol. The summed E-state index contributed by atoms with van der Waals surface area (Å²) in [6.07, 6.45) is 9.20. The average molecular weight is 992 g/mol. The van der Waals surface area contributed by atoms with Crippen molar-refractivity contribution >= 4 is 33.3 Å². The molecule has 0 bridgehead atoms. The lowest BCUT2D eigenvalue weighted by Gasteiger charge is -2.63. The zero-order valence-corrected chi connectivity index (χ0v) is 43.2. The van der Waals surface area contributed by atoms with Crippen molar-refractivity contribution < 1.29 is 42.8 Å². The summed E-state index contributed by atoms with van der Waals surface area (Å²) >= 11 is 0. The number of aliphatic carboxylic acids is 1. The summed E-state index contributed by atoms with van der Waals surface area (Å²) in [5.74, 6) is 2.09. The number of rotatable bonds is 21. The van der Waals surface area contributed by atoms with Crippen molar-refractivity contribution in [2.75, 3.05) is 29.0 Å². The molecular formula is C58H77N3O9S. The second-order valence-corrected chi connectivity index (χ2v) is 23.8. The standard InChI is InChI=1S/C58H77N3O9S/c1-38(20-27-55(65)66)47-25-26-48-56-49(35-53(63)58(47,48)4)57(3)29-28-45(33-43(57)34-52(56)62)69-31-30-59-54(64)19-10-15-40-14-9-16-46(32-40)70-44-23-21-42(22-24-44)37-61(36-41-12-7-6-8-13-41)51-18-11-17-50(39(51)2)60-71(5,67)68/h6-9,11-14,16-18,21-24,32,38,43,45,47-49,52-53,56,60,62-63H,10,15,19-20,25-31,33-37H2,1-5H3,(H,59,64)(H,65,66)/t38-,43+,45+,47-,48+,49+,52-,53+,56+,57+,58-/m0/s1. The summed E-state index contributed by atoms with van der Waals surface area (Å²) in [6.45, 7) is 10.8. The van der Waals surface area contributed by atoms with Gasteiger partial charge in [0.05, 0.1) is 36.9 Å². The van der Waals surface area contributed by atoms with Crippen LogP contribution in [0, 0.1) is 53.3 Å². The SMILES string of the molecule is Cc1c(NS(C)(=O)=O)cccc1N(Cc1ccccc1)Cc1ccc(Oc2cccc(CCCC(=O)NCCO[C@@H]3CC[C@]4(C)[C@H](C3)C[C@H](O)[C@H]3[C@H]4C[C@@H](O)[C@]4(C)[C@@H]3CC[C@H]4[C@@H](C)CCC(=O)O)c2)cc1. The van der Waals surface area contributed by atoms with Gasteiger partial charge >= 0.3 is 5.97 Å². The van der Waals surface area contributed by atoms with Crippen molar-refractivity contribution in [3.05, 3.63) is 119 Å². The van der Waals surface area contributed by atoms with Crippen LogP contribution in [0.4, 0.5) is 11.4 Å². The van der Waals surface area contributed by atoms with Gasteiger partial charge in [-0.2, -0.15) is 0 Å². The van der Waals surface area contributed by atoms with Crippen molar-refractivity contribution in [3.8, 4) is 11.5 Å². The van der Waals surface area contributed by atoms with E-state index in [1.807, 2.05) is 67.6 Å². The van der Waals surface area contributed by atoms with Crippen molar-refractivity contribution in [3.63, 3.8) is 0 Å². The van der Waals surface area contributed by atoms with E-state index < -0.39 is 28.2 Å². The first-order chi connectivity index (χ1) is 33.9. The third-order valence-corrected chi connectivity index (χ3v) is 18.1. The third-order valence-electron chi connectivity index (χ3n) is 17.5. The predicted molar refractivity (Wildman–Crippen MR) is 279 cm³/mol. The first-order valence-electron chi connectivity index (χ1n) is 26.1. The lowest BCUT2D eigenvalue weighted by Crippen LogP contribution is -2.62. The molecule has 4 fully saturated rings. The van der Waals surface area contributed by atoms with Crippen LogP contribution in [0.1, 0.15) is 114 Å². The van der Waals surface area contributed by atoms with Gasteiger partial charge in [-0.3, -0.25) is 14.3 Å². The molecule has 0 aliphatic heterocycles. The van der Waals surface area contributed by atoms with E-state index in [0.29, 0.717) is 69.3 Å². The molecule has 384 valence electrons. The van der Waals surface area contributed by atoms with Crippen LogP contribution in [0.3, 0.4) is 0 Å². The molecule has 71 heavy (non-hydrogen) atoms. The number of carbonyl (C=O) groups excluding carboxylic acids is 1. The third kappa shape index (κ3) is 12.3. The Morgan fingerprint density at radius 1 is 0.831 bits per heavy atom. The molecule has 5 N–H and O–H groups in total. The molecule has 13 heteroatoms. The number of aliphatic hydroxyl groups is 2. The average Bonchev–Trinajstić information content (AvgIpc) is 3.69. The Morgan fingerprint density at radius 3 is 2.28 bits per heavy atom. The van der Waals surface area contributed by atoms with Crippen LogP contribution in [-0.2, 0) is 43.9 Å². The number of ether oxygens (including phenoxy) is 2. The van der Waals surface area contributed by atoms with E-state index in [0.717, 1.165) is 84.9 Å². The number of hydrogen-bond donors (Lipinski definition) is 5. The van der Waals surface area contributed by atoms with E-state index >= 15 is 0 Å². The molecule has 1 amide bonds. The fourth-order valence-corrected chi connectivity index (χ4v) is 14.5. The van der Waals surface area contributed by atoms with Crippen molar-refractivity contribution in [1.29, 1.82) is 0 Å². The summed E-state index contributed by atoms with van der Waals surface area (Å²) < 4.78 is 39.5. The highest BCUT2D eigenvalue weighted by Gasteiger charge is 2.65. The summed E-state index contributed by atoms with van der Waals surface area (Å²) in [4.78, 5) is 26.5. The molecule has 11 atom stereocenters. The lowest BCUT2D eigenvalue weighted by molar-refractivity contribution is -0.209. The molecule has 4 aromatic carbocycles. The number of aliphatic hydroxyl groups excluding tert-OH is 2. The highest BCUT2D eigenvalue weighted by molar-refractivity contribution is 7.92. The zero-order valence-electron chi connectivity index (χ0n) is 42.4. The largest absolute Gasteiger partial charge is 0.481 e. The summed E-state index contributed by atoms with van der Waals surface area (Å²) in [7, 11) is -3.44. The Balaban J connectivity index is 0.767. The van der Waals surface area contributed by atoms with Gasteiger partial charge in [0.2, 0.25) is 15.9 Å². The van der Waals surface area contributed by atoms with Gasteiger partial charge in [-0.15, -0.1) is 0 Å². The molecule has 0 radical (unpaired) electrons. The Bertz CT molecular complexity index is 2560. The van der Waals surface area contributed by atoms with Crippen LogP contribution < -0.4 is 19.7 Å². The second-order valence-electron chi connectivity index (χ2n) is 22.0. The van der Waals surface area contributed by atoms with E-state index in [2.05, 4.69) is 66.0 Å². The molecule has 0 unspecified atom stereocenters. The summed E-state index contributed by atoms with van der Waals surface area (Å²) in [6, 6.07) is 31.9.